The van der Waals surface area contributed by atoms with E-state index >= 15 is 0 Å². The van der Waals surface area contributed by atoms with Gasteiger partial charge in [-0.2, -0.15) is 0 Å². The van der Waals surface area contributed by atoms with E-state index in [1.165, 1.54) is 0 Å². The Morgan fingerprint density at radius 2 is 1.68 bits per heavy atom. The van der Waals surface area contributed by atoms with E-state index in [4.69, 9.17) is 16.6 Å². The number of nitrogens with one attached hydrogen (secondary N) is 1. The van der Waals surface area contributed by atoms with Gasteiger partial charge in [0, 0.05) is 23.8 Å². The van der Waals surface area contributed by atoms with Crippen molar-refractivity contribution in [2.24, 2.45) is 0 Å². The number of carbonyl (C=O) groups excluding carboxylic acids is 1. The summed E-state index contributed by atoms with van der Waals surface area (Å²) in [7, 11) is 0. The molecule has 1 heterocycles. The number of carbonyl (C=O) groups is 1. The van der Waals surface area contributed by atoms with Crippen LogP contribution in [0.5, 0.6) is 0 Å². The Morgan fingerprint density at radius 1 is 1.00 bits per heavy atom. The van der Waals surface area contributed by atoms with E-state index in [1.54, 1.807) is 39.8 Å². The number of hydrogen-bond donors (Lipinski definition) is 1. The zero-order chi connectivity index (χ0) is 24.1. The monoisotopic (exact) mass is 474 g/mol. The van der Waals surface area contributed by atoms with Gasteiger partial charge in [0.15, 0.2) is 0 Å². The second-order valence-electron chi connectivity index (χ2n) is 8.01. The number of nitrogens with zero attached hydrogens (tertiary/aromatic N) is 3. The second-order valence-corrected chi connectivity index (χ2v) is 8.45. The van der Waals surface area contributed by atoms with Crippen molar-refractivity contribution >= 4 is 34.2 Å². The topological polar surface area (TPSA) is 67.2 Å². The third-order valence-corrected chi connectivity index (χ3v) is 6.07. The van der Waals surface area contributed by atoms with Crippen LogP contribution in [0, 0.1) is 0 Å². The van der Waals surface area contributed by atoms with Gasteiger partial charge >= 0.3 is 6.03 Å². The molecular weight excluding hydrogens is 448 g/mol. The van der Waals surface area contributed by atoms with Gasteiger partial charge in [-0.25, -0.2) is 9.78 Å². The van der Waals surface area contributed by atoms with E-state index < -0.39 is 6.04 Å². The average molecular weight is 475 g/mol. The number of benzene rings is 3. The highest BCUT2D eigenvalue weighted by molar-refractivity contribution is 6.30. The Labute approximate surface area is 203 Å². The van der Waals surface area contributed by atoms with Crippen LogP contribution in [0.15, 0.2) is 83.7 Å². The fraction of sp³-hybridized carbons (Fsp3) is 0.222. The van der Waals surface area contributed by atoms with Crippen LogP contribution in [0.4, 0.5) is 10.5 Å². The largest absolute Gasteiger partial charge is 0.322 e. The zero-order valence-corrected chi connectivity index (χ0v) is 20.0. The van der Waals surface area contributed by atoms with Crippen molar-refractivity contribution in [3.05, 3.63) is 106 Å². The summed E-state index contributed by atoms with van der Waals surface area (Å²) in [6, 6.07) is 23.4. The molecular formula is C27H27ClN4O2. The Kier molecular flexibility index (Phi) is 7.28. The fourth-order valence-corrected chi connectivity index (χ4v) is 4.25. The summed E-state index contributed by atoms with van der Waals surface area (Å²) in [5, 5.41) is 4.14. The quantitative estimate of drug-likeness (QED) is 0.344. The molecule has 6 nitrogen and oxygen atoms in total. The number of rotatable bonds is 7. The molecule has 0 radical (unpaired) electrons. The summed E-state index contributed by atoms with van der Waals surface area (Å²) in [6.07, 6.45) is 0.589. The molecule has 4 aromatic rings. The molecule has 0 fully saturated rings. The van der Waals surface area contributed by atoms with Crippen LogP contribution in [0.2, 0.25) is 5.02 Å². The number of hydrogen-bond acceptors (Lipinski definition) is 3. The van der Waals surface area contributed by atoms with Crippen molar-refractivity contribution in [3.63, 3.8) is 0 Å². The SMILES string of the molecule is CCC(c1nc2ccccc2c(=O)n1CC)N(Cc1ccccc1)C(=O)Nc1ccc(Cl)cc1. The van der Waals surface area contributed by atoms with Crippen molar-refractivity contribution in [3.8, 4) is 0 Å². The predicted molar refractivity (Wildman–Crippen MR) is 137 cm³/mol. The van der Waals surface area contributed by atoms with E-state index in [9.17, 15) is 9.59 Å². The molecule has 1 N–H and O–H groups in total. The minimum absolute atomic E-state index is 0.0979. The minimum Gasteiger partial charge on any atom is -0.310 e. The van der Waals surface area contributed by atoms with Crippen LogP contribution in [-0.4, -0.2) is 20.5 Å². The first-order chi connectivity index (χ1) is 16.5. The van der Waals surface area contributed by atoms with Gasteiger partial charge in [0.1, 0.15) is 5.82 Å². The van der Waals surface area contributed by atoms with Crippen molar-refractivity contribution in [1.29, 1.82) is 0 Å². The van der Waals surface area contributed by atoms with Gasteiger partial charge in [-0.3, -0.25) is 9.36 Å². The number of halogens is 1. The summed E-state index contributed by atoms with van der Waals surface area (Å²) >= 11 is 6.00. The van der Waals surface area contributed by atoms with Gasteiger partial charge < -0.3 is 10.2 Å². The third kappa shape index (κ3) is 4.97. The number of anilines is 1. The summed E-state index contributed by atoms with van der Waals surface area (Å²) in [6.45, 7) is 4.74. The number of amides is 2. The lowest BCUT2D eigenvalue weighted by Gasteiger charge is -2.32. The number of aromatic nitrogens is 2. The Bertz CT molecular complexity index is 1340. The van der Waals surface area contributed by atoms with E-state index in [2.05, 4.69) is 5.32 Å². The lowest BCUT2D eigenvalue weighted by Crippen LogP contribution is -2.40. The molecule has 7 heteroatoms. The van der Waals surface area contributed by atoms with Crippen LogP contribution in [0.3, 0.4) is 0 Å². The van der Waals surface area contributed by atoms with Gasteiger partial charge in [0.05, 0.1) is 16.9 Å². The van der Waals surface area contributed by atoms with Gasteiger partial charge in [-0.1, -0.05) is 61.0 Å². The maximum absolute atomic E-state index is 13.6. The standard InChI is InChI=1S/C27H27ClN4O2/c1-3-24(25-30-23-13-9-8-12-22(23)26(33)31(25)4-2)32(18-19-10-6-5-7-11-19)27(34)29-21-16-14-20(28)15-17-21/h5-17,24H,3-4,18H2,1-2H3,(H,29,34). The Morgan fingerprint density at radius 3 is 2.35 bits per heavy atom. The molecule has 0 aliphatic carbocycles. The average Bonchev–Trinajstić information content (AvgIpc) is 2.86. The van der Waals surface area contributed by atoms with Crippen LogP contribution >= 0.6 is 11.6 Å². The number of para-hydroxylation sites is 1. The number of urea groups is 1. The van der Waals surface area contributed by atoms with Gasteiger partial charge in [-0.15, -0.1) is 0 Å². The van der Waals surface area contributed by atoms with Crippen LogP contribution in [0.1, 0.15) is 37.7 Å². The van der Waals surface area contributed by atoms with E-state index in [0.29, 0.717) is 46.9 Å². The highest BCUT2D eigenvalue weighted by Crippen LogP contribution is 2.27. The predicted octanol–water partition coefficient (Wildman–Crippen LogP) is 6.26. The molecule has 4 rings (SSSR count). The zero-order valence-electron chi connectivity index (χ0n) is 19.2. The lowest BCUT2D eigenvalue weighted by molar-refractivity contribution is 0.175. The summed E-state index contributed by atoms with van der Waals surface area (Å²) < 4.78 is 1.67. The summed E-state index contributed by atoms with van der Waals surface area (Å²) in [5.41, 5.74) is 2.16. The molecule has 2 amide bonds. The fourth-order valence-electron chi connectivity index (χ4n) is 4.12. The van der Waals surface area contributed by atoms with Crippen molar-refractivity contribution in [2.75, 3.05) is 5.32 Å². The molecule has 0 saturated heterocycles. The molecule has 174 valence electrons. The first-order valence-corrected chi connectivity index (χ1v) is 11.8. The Balaban J connectivity index is 1.79. The molecule has 0 saturated carbocycles. The van der Waals surface area contributed by atoms with Crippen molar-refractivity contribution < 1.29 is 4.79 Å². The second kappa shape index (κ2) is 10.5. The molecule has 1 aromatic heterocycles. The van der Waals surface area contributed by atoms with Crippen molar-refractivity contribution in [1.82, 2.24) is 14.5 Å². The summed E-state index contributed by atoms with van der Waals surface area (Å²) in [5.74, 6) is 0.580. The molecule has 0 spiro atoms. The maximum atomic E-state index is 13.6. The first kappa shape index (κ1) is 23.5. The molecule has 0 bridgehead atoms. The Hall–Kier alpha value is -3.64. The van der Waals surface area contributed by atoms with Crippen LogP contribution < -0.4 is 10.9 Å². The normalized spacial score (nSPS) is 11.9. The van der Waals surface area contributed by atoms with E-state index in [1.807, 2.05) is 62.4 Å². The molecule has 34 heavy (non-hydrogen) atoms. The molecule has 0 aliphatic heterocycles. The third-order valence-electron chi connectivity index (χ3n) is 5.82. The van der Waals surface area contributed by atoms with Crippen molar-refractivity contribution in [2.45, 2.75) is 39.4 Å². The smallest absolute Gasteiger partial charge is 0.310 e. The van der Waals surface area contributed by atoms with Crippen LogP contribution in [0.25, 0.3) is 10.9 Å². The summed E-state index contributed by atoms with van der Waals surface area (Å²) in [4.78, 5) is 33.5. The molecule has 0 aliphatic rings. The van der Waals surface area contributed by atoms with Gasteiger partial charge in [-0.05, 0) is 55.3 Å². The van der Waals surface area contributed by atoms with E-state index in [0.717, 1.165) is 5.56 Å². The highest BCUT2D eigenvalue weighted by atomic mass is 35.5. The van der Waals surface area contributed by atoms with Gasteiger partial charge in [0.25, 0.3) is 5.56 Å². The lowest BCUT2D eigenvalue weighted by atomic mass is 10.1. The minimum atomic E-state index is -0.412. The van der Waals surface area contributed by atoms with E-state index in [-0.39, 0.29) is 11.6 Å². The maximum Gasteiger partial charge on any atom is 0.322 e. The van der Waals surface area contributed by atoms with Crippen LogP contribution in [-0.2, 0) is 13.1 Å². The molecule has 1 atom stereocenters. The molecule has 1 unspecified atom stereocenters. The molecule has 3 aromatic carbocycles. The van der Waals surface area contributed by atoms with Gasteiger partial charge in [0.2, 0.25) is 0 Å². The first-order valence-electron chi connectivity index (χ1n) is 11.4. The highest BCUT2D eigenvalue weighted by Gasteiger charge is 2.28. The number of fused-ring (bicyclic) bond motifs is 1.